The monoisotopic (exact) mass is 1410 g/mol. The molecule has 0 fully saturated rings. The summed E-state index contributed by atoms with van der Waals surface area (Å²) in [5.74, 6) is 0. The zero-order valence-corrected chi connectivity index (χ0v) is 58.1. The first kappa shape index (κ1) is 83.4. The Labute approximate surface area is 599 Å². The van der Waals surface area contributed by atoms with E-state index in [2.05, 4.69) is 104 Å². The van der Waals surface area contributed by atoms with Crippen LogP contribution in [0.25, 0.3) is 87.8 Å². The molecule has 8 aromatic carbocycles. The molecule has 0 saturated heterocycles. The molecule has 24 heteroatoms. The van der Waals surface area contributed by atoms with Crippen molar-refractivity contribution in [3.05, 3.63) is 337 Å². The van der Waals surface area contributed by atoms with Crippen molar-refractivity contribution in [1.29, 1.82) is 0 Å². The van der Waals surface area contributed by atoms with Gasteiger partial charge in [0, 0.05) is 97.1 Å². The van der Waals surface area contributed by atoms with Crippen LogP contribution in [0.15, 0.2) is 328 Å². The Balaban J connectivity index is 0.000000207. The minimum Gasteiger partial charge on any atom is -0.867 e. The van der Waals surface area contributed by atoms with Crippen LogP contribution in [0.5, 0.6) is 0 Å². The molecule has 0 atom stereocenters. The van der Waals surface area contributed by atoms with Gasteiger partial charge in [0.1, 0.15) is 29.6 Å². The zero-order chi connectivity index (χ0) is 75.8. The summed E-state index contributed by atoms with van der Waals surface area (Å²) >= 11 is 0. The molecule has 8 heterocycles. The van der Waals surface area contributed by atoms with E-state index in [4.69, 9.17) is 75.5 Å². The van der Waals surface area contributed by atoms with Gasteiger partial charge in [-0.15, -0.1) is 0 Å². The van der Waals surface area contributed by atoms with E-state index >= 15 is 0 Å². The maximum absolute atomic E-state index is 9.89. The van der Waals surface area contributed by atoms with Crippen molar-refractivity contribution < 1.29 is 92.8 Å². The average molecular weight is 1410 g/mol. The third kappa shape index (κ3) is 29.7. The highest BCUT2D eigenvalue weighted by molar-refractivity contribution is 6.27. The largest absolute Gasteiger partial charge is 0.867 e. The van der Waals surface area contributed by atoms with Gasteiger partial charge in [-0.25, -0.2) is 35.3 Å². The lowest BCUT2D eigenvalue weighted by Gasteiger charge is -2.09. The molecule has 16 rings (SSSR count). The minimum absolute atomic E-state index is 0.951. The predicted octanol–water partition coefficient (Wildman–Crippen LogP) is 14.8. The van der Waals surface area contributed by atoms with Crippen molar-refractivity contribution in [2.24, 2.45) is 0 Å². The number of hydrogen-bond donors (Lipinski definition) is 0. The van der Waals surface area contributed by atoms with Gasteiger partial charge in [-0.1, -0.05) is 97.1 Å². The Morgan fingerprint density at radius 3 is 0.346 bits per heavy atom. The van der Waals surface area contributed by atoms with E-state index < -0.39 is 29.6 Å². The summed E-state index contributed by atoms with van der Waals surface area (Å²) in [6.45, 7) is 16.6. The summed E-state index contributed by atoms with van der Waals surface area (Å²) in [7, 11) is -12.7. The van der Waals surface area contributed by atoms with Crippen LogP contribution in [0, 0.1) is 55.4 Å². The summed E-state index contributed by atoms with van der Waals surface area (Å²) in [5.41, 5.74) is 17.7. The van der Waals surface area contributed by atoms with Crippen molar-refractivity contribution in [3.8, 4) is 0 Å². The molecule has 104 heavy (non-hydrogen) atoms. The van der Waals surface area contributed by atoms with E-state index in [1.165, 1.54) is 87.6 Å². The molecule has 0 aliphatic carbocycles. The summed E-state index contributed by atoms with van der Waals surface area (Å²) in [6, 6.07) is 80.1. The summed E-state index contributed by atoms with van der Waals surface area (Å²) < 4.78 is 81.9. The number of para-hydroxylation sites is 8. The molecule has 528 valence electrons. The number of benzene rings is 8. The molecule has 0 aliphatic rings. The van der Waals surface area contributed by atoms with Crippen LogP contribution in [0.2, 0.25) is 0 Å². The van der Waals surface area contributed by atoms with Crippen LogP contribution in [0.3, 0.4) is 0 Å². The molecule has 0 spiro atoms. The lowest BCUT2D eigenvalue weighted by atomic mass is 10.1. The third-order valence-electron chi connectivity index (χ3n) is 14.6. The van der Waals surface area contributed by atoms with Crippen LogP contribution in [-0.4, -0.2) is 29.6 Å². The Bertz CT molecular complexity index is 4180. The van der Waals surface area contributed by atoms with Gasteiger partial charge in [0.2, 0.25) is 0 Å². The van der Waals surface area contributed by atoms with Gasteiger partial charge in [0.05, 0.1) is 43.1 Å². The molecule has 0 saturated carbocycles. The molecule has 0 amide bonds. The molecule has 0 unspecified atom stereocenters. The summed E-state index contributed by atoms with van der Waals surface area (Å²) in [6.07, 6.45) is 13.8. The summed E-state index contributed by atoms with van der Waals surface area (Å²) in [5, 5.41) is 76.0. The smallest absolute Gasteiger partial charge is 0.360 e. The van der Waals surface area contributed by atoms with E-state index in [9.17, 15) is 17.3 Å². The highest BCUT2D eigenvalue weighted by atomic mass is 19.1. The highest BCUT2D eigenvalue weighted by Crippen LogP contribution is 2.23. The van der Waals surface area contributed by atoms with Crippen LogP contribution in [0.1, 0.15) is 44.5 Å². The van der Waals surface area contributed by atoms with Gasteiger partial charge in [0.25, 0.3) is 0 Å². The fourth-order valence-electron chi connectivity index (χ4n) is 9.55. The Kier molecular flexibility index (Phi) is 36.5. The first-order valence-corrected chi connectivity index (χ1v) is 31.9. The molecular formula is C80H72B4F4O16. The van der Waals surface area contributed by atoms with Crippen LogP contribution < -0.4 is 40.2 Å². The second-order valence-electron chi connectivity index (χ2n) is 21.9. The van der Waals surface area contributed by atoms with Crippen molar-refractivity contribution in [3.63, 3.8) is 0 Å². The number of aryl methyl sites for hydroxylation is 8. The molecule has 16 nitrogen and oxygen atoms in total. The second-order valence-corrected chi connectivity index (χ2v) is 21.9. The molecule has 0 radical (unpaired) electrons. The molecule has 16 aromatic rings. The normalized spacial score (nSPS) is 9.73. The Hall–Kier alpha value is -11.3. The first-order valence-electron chi connectivity index (χ1n) is 31.9. The van der Waals surface area contributed by atoms with Crippen LogP contribution in [-0.2, 0) is 0 Å². The predicted molar refractivity (Wildman–Crippen MR) is 390 cm³/mol. The van der Waals surface area contributed by atoms with Crippen molar-refractivity contribution in [2.45, 2.75) is 55.4 Å². The minimum atomic E-state index is -3.17. The van der Waals surface area contributed by atoms with E-state index in [1.54, 1.807) is 50.1 Å². The number of hydrogen-bond acceptors (Lipinski definition) is 8. The lowest BCUT2D eigenvalue weighted by Crippen LogP contribution is -2.39. The molecule has 0 N–H and O–H groups in total. The average Bonchev–Trinajstić information content (AvgIpc) is 0.936. The van der Waals surface area contributed by atoms with Gasteiger partial charge in [-0.3, -0.25) is 0 Å². The summed E-state index contributed by atoms with van der Waals surface area (Å²) in [4.78, 5) is 0. The van der Waals surface area contributed by atoms with Crippen LogP contribution in [0.4, 0.5) is 17.3 Å². The fraction of sp³-hybridized carbons (Fsp3) is 0.100. The molecule has 8 aromatic heterocycles. The van der Waals surface area contributed by atoms with Crippen molar-refractivity contribution in [1.82, 2.24) is 0 Å². The quantitative estimate of drug-likeness (QED) is 0.0775. The molecule has 0 bridgehead atoms. The fourth-order valence-corrected chi connectivity index (χ4v) is 9.55. The van der Waals surface area contributed by atoms with E-state index in [-0.39, 0.29) is 0 Å². The number of fused-ring (bicyclic) bond motifs is 8. The van der Waals surface area contributed by atoms with E-state index in [0.717, 1.165) is 44.7 Å². The molecule has 0 aliphatic heterocycles. The maximum Gasteiger partial charge on any atom is 0.360 e. The second kappa shape index (κ2) is 45.5. The first-order chi connectivity index (χ1) is 49.9. The van der Waals surface area contributed by atoms with Crippen molar-refractivity contribution >= 4 is 117 Å². The number of halogens is 4. The Morgan fingerprint density at radius 1 is 0.173 bits per heavy atom. The molecular weight excluding hydrogens is 1340 g/mol. The van der Waals surface area contributed by atoms with Gasteiger partial charge < -0.3 is 57.5 Å². The highest BCUT2D eigenvalue weighted by Gasteiger charge is 2.11. The third-order valence-corrected chi connectivity index (χ3v) is 14.6. The Morgan fingerprint density at radius 2 is 0.260 bits per heavy atom. The lowest BCUT2D eigenvalue weighted by molar-refractivity contribution is -0.368. The SMILES string of the molecule is Cc1cc[o+]c2ccccc12.Cc1cc[o+]c2ccccc12.Cc1cc[o+]c2ccccc12.Cc1cc[o+]c2ccccc12.Cc1cc[o+]c2ccccc12.Cc1cc[o+]c2ccccc12.Cc1cc[o+]c2ccccc12.Cc1cc[o+]c2ccccc12.[O-]B([O-])F.[O-]B([O-])F.[O-]B([O-])F.[O-]B([O-])F. The number of rotatable bonds is 0. The zero-order valence-electron chi connectivity index (χ0n) is 58.1. The standard InChI is InChI=1S/8C10H9O.4BFO2/c8*1-8-6-7-11-10-5-3-2-4-9(8)10;4*2-1(3)4/h8*2-7H,1H3;;;;/q8*+1;4*-2. The van der Waals surface area contributed by atoms with Gasteiger partial charge in [-0.05, 0) is 148 Å². The van der Waals surface area contributed by atoms with Gasteiger partial charge in [-0.2, -0.15) is 0 Å². The van der Waals surface area contributed by atoms with E-state index in [0.29, 0.717) is 0 Å². The van der Waals surface area contributed by atoms with Crippen LogP contribution >= 0.6 is 0 Å². The topological polar surface area (TPSA) is 275 Å². The van der Waals surface area contributed by atoms with Gasteiger partial charge in [0.15, 0.2) is 0 Å². The van der Waals surface area contributed by atoms with Gasteiger partial charge >= 0.3 is 94.8 Å². The van der Waals surface area contributed by atoms with E-state index in [1.807, 2.05) is 194 Å². The maximum atomic E-state index is 9.89. The van der Waals surface area contributed by atoms with Crippen molar-refractivity contribution in [2.75, 3.05) is 0 Å².